The molecule has 2 amide bonds. The second-order valence-electron chi connectivity index (χ2n) is 5.58. The molecular weight excluding hydrogens is 334 g/mol. The summed E-state index contributed by atoms with van der Waals surface area (Å²) in [6.07, 6.45) is 2.31. The maximum Gasteiger partial charge on any atom is 0.251 e. The van der Waals surface area contributed by atoms with Gasteiger partial charge in [0.05, 0.1) is 11.4 Å². The van der Waals surface area contributed by atoms with E-state index in [4.69, 9.17) is 12.2 Å². The highest BCUT2D eigenvalue weighted by atomic mass is 32.1. The number of nitrogens with one attached hydrogen (secondary N) is 1. The molecule has 1 aliphatic heterocycles. The number of nitrogens with zero attached hydrogens (tertiary/aromatic N) is 2. The smallest absolute Gasteiger partial charge is 0.251 e. The maximum atomic E-state index is 12.8. The van der Waals surface area contributed by atoms with Crippen molar-refractivity contribution in [2.24, 2.45) is 10.9 Å². The first kappa shape index (κ1) is 17.0. The highest BCUT2D eigenvalue weighted by molar-refractivity contribution is 7.80. The van der Waals surface area contributed by atoms with Gasteiger partial charge in [0.2, 0.25) is 5.91 Å². The molecule has 1 atom stereocenters. The van der Waals surface area contributed by atoms with Crippen molar-refractivity contribution in [1.29, 1.82) is 0 Å². The Bertz CT molecular complexity index is 832. The minimum Gasteiger partial charge on any atom is -0.301 e. The van der Waals surface area contributed by atoms with Crippen LogP contribution in [0.25, 0.3) is 0 Å². The molecule has 3 rings (SSSR count). The highest BCUT2D eigenvalue weighted by Gasteiger charge is 2.38. The van der Waals surface area contributed by atoms with Gasteiger partial charge in [-0.25, -0.2) is 0 Å². The number of aliphatic imine (C=N–C) groups is 1. The second-order valence-corrected chi connectivity index (χ2v) is 5.97. The Morgan fingerprint density at radius 1 is 1.12 bits per heavy atom. The number of rotatable bonds is 4. The predicted molar refractivity (Wildman–Crippen MR) is 102 cm³/mol. The van der Waals surface area contributed by atoms with Crippen LogP contribution in [0.3, 0.4) is 0 Å². The van der Waals surface area contributed by atoms with Gasteiger partial charge in [0.1, 0.15) is 0 Å². The Labute approximate surface area is 151 Å². The third kappa shape index (κ3) is 3.64. The molecule has 1 aliphatic rings. The summed E-state index contributed by atoms with van der Waals surface area (Å²) in [5, 5.41) is 2.65. The number of hydrogen-bond donors (Lipinski definition) is 1. The molecule has 1 heterocycles. The first-order valence-corrected chi connectivity index (χ1v) is 8.38. The summed E-state index contributed by atoms with van der Waals surface area (Å²) in [4.78, 5) is 30.5. The van der Waals surface area contributed by atoms with Crippen molar-refractivity contribution >= 4 is 46.7 Å². The number of thiocarbonyl (C=S) groups is 1. The minimum absolute atomic E-state index is 0.0816. The van der Waals surface area contributed by atoms with E-state index >= 15 is 0 Å². The second kappa shape index (κ2) is 7.36. The number of carbonyl (C=O) groups excluding carboxylic acids is 2. The summed E-state index contributed by atoms with van der Waals surface area (Å²) >= 11 is 5.15. The standard InChI is InChI=1S/C19H17N3O2S/c1-2-13-8-10-14(11-9-13)20-12-16-17(23)21-19(25)22(18(16)24)15-6-4-3-5-7-15/h3-12,16H,2H2,1H3,(H,21,23,25)/t16-/m1/s1. The summed E-state index contributed by atoms with van der Waals surface area (Å²) in [6, 6.07) is 16.7. The maximum absolute atomic E-state index is 12.8. The molecule has 5 nitrogen and oxygen atoms in total. The first-order chi connectivity index (χ1) is 12.1. The molecule has 0 saturated carbocycles. The Kier molecular flexibility index (Phi) is 5.00. The van der Waals surface area contributed by atoms with Crippen molar-refractivity contribution < 1.29 is 9.59 Å². The van der Waals surface area contributed by atoms with E-state index < -0.39 is 17.7 Å². The van der Waals surface area contributed by atoms with E-state index in [1.165, 1.54) is 16.7 Å². The third-order valence-electron chi connectivity index (χ3n) is 3.93. The van der Waals surface area contributed by atoms with Crippen molar-refractivity contribution in [2.45, 2.75) is 13.3 Å². The van der Waals surface area contributed by atoms with E-state index in [9.17, 15) is 9.59 Å². The van der Waals surface area contributed by atoms with E-state index in [1.54, 1.807) is 24.3 Å². The molecular formula is C19H17N3O2S. The van der Waals surface area contributed by atoms with Gasteiger partial charge in [-0.2, -0.15) is 0 Å². The molecule has 25 heavy (non-hydrogen) atoms. The molecule has 0 spiro atoms. The van der Waals surface area contributed by atoms with Crippen LogP contribution in [0.5, 0.6) is 0 Å². The number of aryl methyl sites for hydroxylation is 1. The Morgan fingerprint density at radius 2 is 1.80 bits per heavy atom. The number of para-hydroxylation sites is 1. The van der Waals surface area contributed by atoms with Crippen molar-refractivity contribution in [3.05, 3.63) is 60.2 Å². The van der Waals surface area contributed by atoms with Gasteiger partial charge in [-0.05, 0) is 48.5 Å². The summed E-state index contributed by atoms with van der Waals surface area (Å²) in [7, 11) is 0. The van der Waals surface area contributed by atoms with Crippen LogP contribution in [0, 0.1) is 5.92 Å². The Hall–Kier alpha value is -2.86. The SMILES string of the molecule is CCc1ccc(N=C[C@@H]2C(=O)NC(=S)N(c3ccccc3)C2=O)cc1. The molecule has 6 heteroatoms. The molecule has 0 aliphatic carbocycles. The molecule has 126 valence electrons. The molecule has 1 N–H and O–H groups in total. The fraction of sp³-hybridized carbons (Fsp3) is 0.158. The fourth-order valence-corrected chi connectivity index (χ4v) is 2.82. The van der Waals surface area contributed by atoms with Crippen LogP contribution in [0.1, 0.15) is 12.5 Å². The van der Waals surface area contributed by atoms with Gasteiger partial charge in [-0.15, -0.1) is 0 Å². The molecule has 2 aromatic rings. The van der Waals surface area contributed by atoms with Gasteiger partial charge in [-0.3, -0.25) is 19.5 Å². The number of amides is 2. The van der Waals surface area contributed by atoms with E-state index in [0.717, 1.165) is 6.42 Å². The molecule has 0 aromatic heterocycles. The topological polar surface area (TPSA) is 61.8 Å². The normalized spacial score (nSPS) is 17.9. The zero-order chi connectivity index (χ0) is 17.8. The van der Waals surface area contributed by atoms with Gasteiger partial charge in [0, 0.05) is 6.21 Å². The van der Waals surface area contributed by atoms with Crippen LogP contribution in [-0.4, -0.2) is 23.1 Å². The highest BCUT2D eigenvalue weighted by Crippen LogP contribution is 2.21. The van der Waals surface area contributed by atoms with Crippen LogP contribution in [0.4, 0.5) is 11.4 Å². The molecule has 0 radical (unpaired) electrons. The zero-order valence-corrected chi connectivity index (χ0v) is 14.5. The van der Waals surface area contributed by atoms with Gasteiger partial charge in [0.25, 0.3) is 5.91 Å². The van der Waals surface area contributed by atoms with E-state index in [-0.39, 0.29) is 5.11 Å². The van der Waals surface area contributed by atoms with Crippen LogP contribution < -0.4 is 10.2 Å². The van der Waals surface area contributed by atoms with Crippen LogP contribution in [-0.2, 0) is 16.0 Å². The molecule has 1 saturated heterocycles. The zero-order valence-electron chi connectivity index (χ0n) is 13.7. The van der Waals surface area contributed by atoms with Crippen molar-refractivity contribution in [1.82, 2.24) is 5.32 Å². The van der Waals surface area contributed by atoms with Gasteiger partial charge in [-0.1, -0.05) is 37.3 Å². The number of anilines is 1. The molecule has 0 bridgehead atoms. The lowest BCUT2D eigenvalue weighted by Gasteiger charge is -2.30. The van der Waals surface area contributed by atoms with Gasteiger partial charge >= 0.3 is 0 Å². The lowest BCUT2D eigenvalue weighted by molar-refractivity contribution is -0.130. The lowest BCUT2D eigenvalue weighted by Crippen LogP contribution is -2.58. The van der Waals surface area contributed by atoms with E-state index in [2.05, 4.69) is 17.2 Å². The molecule has 1 fully saturated rings. The van der Waals surface area contributed by atoms with Crippen LogP contribution in [0.2, 0.25) is 0 Å². The van der Waals surface area contributed by atoms with Gasteiger partial charge in [0.15, 0.2) is 11.0 Å². The summed E-state index contributed by atoms with van der Waals surface area (Å²) in [5.41, 5.74) is 2.51. The quantitative estimate of drug-likeness (QED) is 0.523. The number of hydrogen-bond acceptors (Lipinski definition) is 4. The van der Waals surface area contributed by atoms with Crippen molar-refractivity contribution in [3.8, 4) is 0 Å². The van der Waals surface area contributed by atoms with Gasteiger partial charge < -0.3 is 5.32 Å². The fourth-order valence-electron chi connectivity index (χ4n) is 2.52. The summed E-state index contributed by atoms with van der Waals surface area (Å²) in [6.45, 7) is 2.07. The first-order valence-electron chi connectivity index (χ1n) is 7.97. The van der Waals surface area contributed by atoms with Crippen molar-refractivity contribution in [2.75, 3.05) is 4.90 Å². The van der Waals surface area contributed by atoms with E-state index in [0.29, 0.717) is 11.4 Å². The monoisotopic (exact) mass is 351 g/mol. The van der Waals surface area contributed by atoms with Crippen LogP contribution in [0.15, 0.2) is 59.6 Å². The van der Waals surface area contributed by atoms with Crippen LogP contribution >= 0.6 is 12.2 Å². The molecule has 0 unspecified atom stereocenters. The molecule has 2 aromatic carbocycles. The Morgan fingerprint density at radius 3 is 2.44 bits per heavy atom. The summed E-state index contributed by atoms with van der Waals surface area (Å²) in [5.74, 6) is -1.89. The average Bonchev–Trinajstić information content (AvgIpc) is 2.62. The largest absolute Gasteiger partial charge is 0.301 e. The lowest BCUT2D eigenvalue weighted by atomic mass is 10.1. The predicted octanol–water partition coefficient (Wildman–Crippen LogP) is 3.02. The minimum atomic E-state index is -1.02. The third-order valence-corrected chi connectivity index (χ3v) is 4.22. The average molecular weight is 351 g/mol. The Balaban J connectivity index is 1.84. The van der Waals surface area contributed by atoms with Crippen molar-refractivity contribution in [3.63, 3.8) is 0 Å². The number of benzene rings is 2. The summed E-state index contributed by atoms with van der Waals surface area (Å²) < 4.78 is 0. The van der Waals surface area contributed by atoms with E-state index in [1.807, 2.05) is 30.3 Å². The number of carbonyl (C=O) groups is 2.